The van der Waals surface area contributed by atoms with Crippen molar-refractivity contribution < 1.29 is 9.59 Å². The lowest BCUT2D eigenvalue weighted by Gasteiger charge is -2.36. The molecule has 0 aromatic heterocycles. The average Bonchev–Trinajstić information content (AvgIpc) is 2.66. The molecule has 0 spiro atoms. The van der Waals surface area contributed by atoms with Gasteiger partial charge in [0.15, 0.2) is 0 Å². The maximum atomic E-state index is 12.3. The Bertz CT molecular complexity index is 615. The van der Waals surface area contributed by atoms with Crippen LogP contribution in [0.1, 0.15) is 12.8 Å². The molecule has 2 fully saturated rings. The molecular formula is C18H26Cl2N4O2. The second-order valence-corrected chi connectivity index (χ2v) is 7.03. The van der Waals surface area contributed by atoms with Crippen molar-refractivity contribution in [3.63, 3.8) is 0 Å². The van der Waals surface area contributed by atoms with E-state index in [4.69, 9.17) is 11.6 Å². The summed E-state index contributed by atoms with van der Waals surface area (Å²) in [6.07, 6.45) is 1.69. The van der Waals surface area contributed by atoms with Crippen LogP contribution in [0.3, 0.4) is 0 Å². The summed E-state index contributed by atoms with van der Waals surface area (Å²) in [6, 6.07) is 7.77. The minimum Gasteiger partial charge on any atom is -0.368 e. The quantitative estimate of drug-likeness (QED) is 0.803. The molecule has 0 bridgehead atoms. The highest BCUT2D eigenvalue weighted by atomic mass is 35.5. The molecule has 2 heterocycles. The molecule has 0 unspecified atom stereocenters. The first-order chi connectivity index (χ1) is 12.1. The van der Waals surface area contributed by atoms with Crippen LogP contribution in [0.15, 0.2) is 24.3 Å². The van der Waals surface area contributed by atoms with Crippen LogP contribution in [0.5, 0.6) is 0 Å². The summed E-state index contributed by atoms with van der Waals surface area (Å²) in [7, 11) is 0. The molecule has 26 heavy (non-hydrogen) atoms. The third-order valence-corrected chi connectivity index (χ3v) is 5.16. The summed E-state index contributed by atoms with van der Waals surface area (Å²) < 4.78 is 0. The highest BCUT2D eigenvalue weighted by molar-refractivity contribution is 6.30. The second kappa shape index (κ2) is 10.00. The Morgan fingerprint density at radius 2 is 1.85 bits per heavy atom. The number of halogens is 2. The number of rotatable bonds is 4. The predicted octanol–water partition coefficient (Wildman–Crippen LogP) is 1.53. The van der Waals surface area contributed by atoms with Gasteiger partial charge in [0.2, 0.25) is 11.8 Å². The molecule has 0 saturated carbocycles. The van der Waals surface area contributed by atoms with Gasteiger partial charge in [-0.1, -0.05) is 17.7 Å². The highest BCUT2D eigenvalue weighted by Crippen LogP contribution is 2.20. The Labute approximate surface area is 165 Å². The highest BCUT2D eigenvalue weighted by Gasteiger charge is 2.24. The van der Waals surface area contributed by atoms with Gasteiger partial charge in [0.1, 0.15) is 0 Å². The van der Waals surface area contributed by atoms with Gasteiger partial charge in [-0.15, -0.1) is 12.4 Å². The molecule has 0 aliphatic carbocycles. The van der Waals surface area contributed by atoms with E-state index in [-0.39, 0.29) is 36.7 Å². The number of benzene rings is 1. The van der Waals surface area contributed by atoms with E-state index >= 15 is 0 Å². The SMILES string of the molecule is Cl.O=C(NCC(=O)N1CCN(c2cccc(Cl)c2)CC1)C1CCNCC1. The maximum absolute atomic E-state index is 12.3. The molecule has 1 aromatic rings. The Morgan fingerprint density at radius 3 is 2.50 bits per heavy atom. The molecule has 6 nitrogen and oxygen atoms in total. The van der Waals surface area contributed by atoms with Crippen LogP contribution in [-0.4, -0.2) is 62.5 Å². The Balaban J connectivity index is 0.00000243. The van der Waals surface area contributed by atoms with Crippen molar-refractivity contribution in [3.05, 3.63) is 29.3 Å². The van der Waals surface area contributed by atoms with Crippen molar-refractivity contribution in [1.82, 2.24) is 15.5 Å². The first-order valence-electron chi connectivity index (χ1n) is 8.90. The zero-order valence-electron chi connectivity index (χ0n) is 14.7. The lowest BCUT2D eigenvalue weighted by Crippen LogP contribution is -2.51. The van der Waals surface area contributed by atoms with Gasteiger partial charge >= 0.3 is 0 Å². The van der Waals surface area contributed by atoms with Gasteiger partial charge < -0.3 is 20.4 Å². The summed E-state index contributed by atoms with van der Waals surface area (Å²) in [4.78, 5) is 28.5. The maximum Gasteiger partial charge on any atom is 0.242 e. The number of carbonyl (C=O) groups is 2. The second-order valence-electron chi connectivity index (χ2n) is 6.59. The molecule has 2 saturated heterocycles. The summed E-state index contributed by atoms with van der Waals surface area (Å²) in [6.45, 7) is 4.71. The minimum atomic E-state index is -0.00646. The van der Waals surface area contributed by atoms with Crippen molar-refractivity contribution >= 4 is 41.5 Å². The third kappa shape index (κ3) is 5.50. The number of amides is 2. The van der Waals surface area contributed by atoms with E-state index in [9.17, 15) is 9.59 Å². The molecule has 3 rings (SSSR count). The van der Waals surface area contributed by atoms with E-state index in [1.54, 1.807) is 0 Å². The molecular weight excluding hydrogens is 375 g/mol. The predicted molar refractivity (Wildman–Crippen MR) is 106 cm³/mol. The molecule has 0 radical (unpaired) electrons. The summed E-state index contributed by atoms with van der Waals surface area (Å²) in [5.41, 5.74) is 1.08. The smallest absolute Gasteiger partial charge is 0.242 e. The van der Waals surface area contributed by atoms with E-state index in [1.165, 1.54) is 0 Å². The van der Waals surface area contributed by atoms with Crippen LogP contribution >= 0.6 is 24.0 Å². The average molecular weight is 401 g/mol. The first kappa shape index (κ1) is 20.8. The standard InChI is InChI=1S/C18H25ClN4O2.ClH/c19-15-2-1-3-16(12-15)22-8-10-23(11-9-22)17(24)13-21-18(25)14-4-6-20-7-5-14;/h1-3,12,14,20H,4-11,13H2,(H,21,25);1H. The van der Waals surface area contributed by atoms with Crippen LogP contribution in [0.25, 0.3) is 0 Å². The van der Waals surface area contributed by atoms with Crippen LogP contribution in [0, 0.1) is 5.92 Å². The largest absolute Gasteiger partial charge is 0.368 e. The molecule has 144 valence electrons. The topological polar surface area (TPSA) is 64.7 Å². The molecule has 0 atom stereocenters. The minimum absolute atomic E-state index is 0. The van der Waals surface area contributed by atoms with Crippen molar-refractivity contribution in [2.75, 3.05) is 50.7 Å². The number of nitrogens with zero attached hydrogens (tertiary/aromatic N) is 2. The van der Waals surface area contributed by atoms with Gasteiger partial charge in [0, 0.05) is 42.8 Å². The van der Waals surface area contributed by atoms with E-state index < -0.39 is 0 Å². The van der Waals surface area contributed by atoms with Crippen LogP contribution in [0.4, 0.5) is 5.69 Å². The fourth-order valence-electron chi connectivity index (χ4n) is 3.39. The molecule has 2 aliphatic rings. The molecule has 2 N–H and O–H groups in total. The fraction of sp³-hybridized carbons (Fsp3) is 0.556. The normalized spacial score (nSPS) is 18.2. The number of nitrogens with one attached hydrogen (secondary N) is 2. The third-order valence-electron chi connectivity index (χ3n) is 4.93. The van der Waals surface area contributed by atoms with Gasteiger partial charge in [-0.2, -0.15) is 0 Å². The van der Waals surface area contributed by atoms with Crippen molar-refractivity contribution in [1.29, 1.82) is 0 Å². The Morgan fingerprint density at radius 1 is 1.15 bits per heavy atom. The number of anilines is 1. The Hall–Kier alpha value is -1.50. The lowest BCUT2D eigenvalue weighted by atomic mass is 9.97. The fourth-order valence-corrected chi connectivity index (χ4v) is 3.57. The van der Waals surface area contributed by atoms with Crippen molar-refractivity contribution in [2.45, 2.75) is 12.8 Å². The van der Waals surface area contributed by atoms with Gasteiger partial charge in [0.25, 0.3) is 0 Å². The summed E-state index contributed by atoms with van der Waals surface area (Å²) >= 11 is 6.04. The first-order valence-corrected chi connectivity index (χ1v) is 9.28. The van der Waals surface area contributed by atoms with E-state index in [0.717, 1.165) is 49.7 Å². The van der Waals surface area contributed by atoms with Crippen molar-refractivity contribution in [2.24, 2.45) is 5.92 Å². The number of carbonyl (C=O) groups excluding carboxylic acids is 2. The summed E-state index contributed by atoms with van der Waals surface area (Å²) in [5, 5.41) is 6.77. The monoisotopic (exact) mass is 400 g/mol. The zero-order valence-corrected chi connectivity index (χ0v) is 16.3. The molecule has 2 amide bonds. The molecule has 2 aliphatic heterocycles. The molecule has 8 heteroatoms. The van der Waals surface area contributed by atoms with E-state index in [0.29, 0.717) is 13.1 Å². The summed E-state index contributed by atoms with van der Waals surface area (Å²) in [5.74, 6) is 0.0363. The van der Waals surface area contributed by atoms with E-state index in [2.05, 4.69) is 15.5 Å². The number of piperidine rings is 1. The number of hydrogen-bond donors (Lipinski definition) is 2. The van der Waals surface area contributed by atoms with Crippen molar-refractivity contribution in [3.8, 4) is 0 Å². The number of piperazine rings is 1. The van der Waals surface area contributed by atoms with Gasteiger partial charge in [-0.05, 0) is 44.1 Å². The lowest BCUT2D eigenvalue weighted by molar-refractivity contribution is -0.134. The van der Waals surface area contributed by atoms with Gasteiger partial charge in [-0.25, -0.2) is 0 Å². The zero-order chi connectivity index (χ0) is 17.6. The van der Waals surface area contributed by atoms with Gasteiger partial charge in [-0.3, -0.25) is 9.59 Å². The van der Waals surface area contributed by atoms with E-state index in [1.807, 2.05) is 29.2 Å². The molecule has 1 aromatic carbocycles. The van der Waals surface area contributed by atoms with Gasteiger partial charge in [0.05, 0.1) is 6.54 Å². The van der Waals surface area contributed by atoms with Crippen LogP contribution in [0.2, 0.25) is 5.02 Å². The van der Waals surface area contributed by atoms with Crippen LogP contribution < -0.4 is 15.5 Å². The Kier molecular flexibility index (Phi) is 8.00. The number of hydrogen-bond acceptors (Lipinski definition) is 4. The van der Waals surface area contributed by atoms with Crippen LogP contribution in [-0.2, 0) is 9.59 Å².